The van der Waals surface area contributed by atoms with E-state index in [0.717, 1.165) is 17.8 Å². The van der Waals surface area contributed by atoms with E-state index >= 15 is 0 Å². The van der Waals surface area contributed by atoms with Crippen molar-refractivity contribution in [1.29, 1.82) is 0 Å². The van der Waals surface area contributed by atoms with Crippen molar-refractivity contribution < 1.29 is 4.74 Å². The highest BCUT2D eigenvalue weighted by atomic mass is 16.5. The normalized spacial score (nSPS) is 20.4. The monoisotopic (exact) mass is 216 g/mol. The van der Waals surface area contributed by atoms with E-state index in [1.165, 1.54) is 23.9 Å². The van der Waals surface area contributed by atoms with Gasteiger partial charge in [0, 0.05) is 23.3 Å². The van der Waals surface area contributed by atoms with Crippen molar-refractivity contribution in [1.82, 2.24) is 10.3 Å². The predicted octanol–water partition coefficient (Wildman–Crippen LogP) is 2.60. The topological polar surface area (TPSA) is 37.0 Å². The molecule has 84 valence electrons. The minimum absolute atomic E-state index is 0.499. The van der Waals surface area contributed by atoms with Crippen molar-refractivity contribution in [3.8, 4) is 5.75 Å². The molecule has 1 aromatic carbocycles. The first-order valence-electron chi connectivity index (χ1n) is 5.77. The average molecular weight is 216 g/mol. The van der Waals surface area contributed by atoms with Gasteiger partial charge in [-0.05, 0) is 43.0 Å². The van der Waals surface area contributed by atoms with Crippen LogP contribution in [-0.4, -0.2) is 18.6 Å². The number of ether oxygens (including phenoxy) is 1. The van der Waals surface area contributed by atoms with Gasteiger partial charge in [0.2, 0.25) is 0 Å². The maximum absolute atomic E-state index is 5.22. The van der Waals surface area contributed by atoms with Crippen LogP contribution < -0.4 is 10.1 Å². The van der Waals surface area contributed by atoms with Crippen LogP contribution in [0.2, 0.25) is 0 Å². The third-order valence-corrected chi connectivity index (χ3v) is 3.29. The molecule has 3 nitrogen and oxygen atoms in total. The summed E-state index contributed by atoms with van der Waals surface area (Å²) in [5, 5.41) is 4.75. The zero-order chi connectivity index (χ0) is 11.0. The molecule has 1 saturated heterocycles. The zero-order valence-electron chi connectivity index (χ0n) is 9.42. The number of fused-ring (bicyclic) bond motifs is 1. The van der Waals surface area contributed by atoms with Crippen molar-refractivity contribution in [2.45, 2.75) is 18.9 Å². The number of rotatable bonds is 2. The molecule has 0 aliphatic carbocycles. The fraction of sp³-hybridized carbons (Fsp3) is 0.385. The summed E-state index contributed by atoms with van der Waals surface area (Å²) in [5.74, 6) is 0.903. The summed E-state index contributed by atoms with van der Waals surface area (Å²) < 4.78 is 5.22. The highest BCUT2D eigenvalue weighted by Gasteiger charge is 2.17. The van der Waals surface area contributed by atoms with Crippen LogP contribution in [0.1, 0.15) is 24.6 Å². The van der Waals surface area contributed by atoms with Gasteiger partial charge < -0.3 is 15.0 Å². The van der Waals surface area contributed by atoms with Gasteiger partial charge in [-0.25, -0.2) is 0 Å². The van der Waals surface area contributed by atoms with E-state index in [1.807, 2.05) is 12.1 Å². The summed E-state index contributed by atoms with van der Waals surface area (Å²) in [6.45, 7) is 1.13. The van der Waals surface area contributed by atoms with Gasteiger partial charge in [0.05, 0.1) is 7.11 Å². The van der Waals surface area contributed by atoms with Crippen LogP contribution in [0, 0.1) is 0 Å². The van der Waals surface area contributed by atoms with Crippen molar-refractivity contribution in [3.05, 3.63) is 30.0 Å². The average Bonchev–Trinajstić information content (AvgIpc) is 2.96. The number of aromatic amines is 1. The first-order chi connectivity index (χ1) is 7.86. The minimum Gasteiger partial charge on any atom is -0.497 e. The van der Waals surface area contributed by atoms with Crippen LogP contribution >= 0.6 is 0 Å². The Labute approximate surface area is 94.8 Å². The minimum atomic E-state index is 0.499. The van der Waals surface area contributed by atoms with E-state index in [4.69, 9.17) is 4.74 Å². The molecule has 1 unspecified atom stereocenters. The lowest BCUT2D eigenvalue weighted by atomic mass is 10.1. The van der Waals surface area contributed by atoms with Crippen molar-refractivity contribution >= 4 is 10.9 Å². The van der Waals surface area contributed by atoms with Gasteiger partial charge in [-0.15, -0.1) is 0 Å². The van der Waals surface area contributed by atoms with Crippen LogP contribution in [-0.2, 0) is 0 Å². The molecule has 1 aliphatic heterocycles. The molecular formula is C13H16N2O. The summed E-state index contributed by atoms with van der Waals surface area (Å²) in [6.07, 6.45) is 2.49. The van der Waals surface area contributed by atoms with Crippen LogP contribution in [0.25, 0.3) is 10.9 Å². The van der Waals surface area contributed by atoms with Gasteiger partial charge in [0.1, 0.15) is 5.75 Å². The lowest BCUT2D eigenvalue weighted by molar-refractivity contribution is 0.415. The second-order valence-electron chi connectivity index (χ2n) is 4.33. The molecule has 16 heavy (non-hydrogen) atoms. The third kappa shape index (κ3) is 1.57. The van der Waals surface area contributed by atoms with Crippen molar-refractivity contribution in [3.63, 3.8) is 0 Å². The molecule has 1 fully saturated rings. The number of H-pyrrole nitrogens is 1. The van der Waals surface area contributed by atoms with E-state index in [0.29, 0.717) is 6.04 Å². The summed E-state index contributed by atoms with van der Waals surface area (Å²) >= 11 is 0. The molecule has 0 bridgehead atoms. The lowest BCUT2D eigenvalue weighted by Crippen LogP contribution is -2.12. The maximum Gasteiger partial charge on any atom is 0.120 e. The molecule has 0 spiro atoms. The first-order valence-corrected chi connectivity index (χ1v) is 5.77. The molecular weight excluding hydrogens is 200 g/mol. The Morgan fingerprint density at radius 3 is 3.00 bits per heavy atom. The number of hydrogen-bond donors (Lipinski definition) is 2. The smallest absolute Gasteiger partial charge is 0.120 e. The van der Waals surface area contributed by atoms with Crippen LogP contribution in [0.3, 0.4) is 0 Å². The largest absolute Gasteiger partial charge is 0.497 e. The molecule has 3 heteroatoms. The third-order valence-electron chi connectivity index (χ3n) is 3.29. The summed E-state index contributed by atoms with van der Waals surface area (Å²) in [5.41, 5.74) is 2.45. The molecule has 0 radical (unpaired) electrons. The number of aromatic nitrogens is 1. The van der Waals surface area contributed by atoms with Gasteiger partial charge in [-0.2, -0.15) is 0 Å². The summed E-state index contributed by atoms with van der Waals surface area (Å²) in [4.78, 5) is 3.47. The van der Waals surface area contributed by atoms with E-state index in [-0.39, 0.29) is 0 Å². The Bertz CT molecular complexity index is 498. The molecule has 1 atom stereocenters. The number of benzene rings is 1. The predicted molar refractivity (Wildman–Crippen MR) is 64.8 cm³/mol. The Hall–Kier alpha value is -1.48. The first kappa shape index (κ1) is 9.73. The molecule has 3 rings (SSSR count). The Morgan fingerprint density at radius 2 is 2.25 bits per heavy atom. The highest BCUT2D eigenvalue weighted by molar-refractivity contribution is 5.82. The van der Waals surface area contributed by atoms with Gasteiger partial charge >= 0.3 is 0 Å². The fourth-order valence-corrected chi connectivity index (χ4v) is 2.39. The van der Waals surface area contributed by atoms with E-state index in [1.54, 1.807) is 7.11 Å². The Morgan fingerprint density at radius 1 is 1.31 bits per heavy atom. The number of nitrogens with one attached hydrogen (secondary N) is 2. The molecule has 0 amide bonds. The van der Waals surface area contributed by atoms with Gasteiger partial charge in [0.15, 0.2) is 0 Å². The summed E-state index contributed by atoms with van der Waals surface area (Å²) in [6, 6.07) is 8.88. The fourth-order valence-electron chi connectivity index (χ4n) is 2.39. The Kier molecular flexibility index (Phi) is 2.33. The molecule has 2 N–H and O–H groups in total. The van der Waals surface area contributed by atoms with E-state index < -0.39 is 0 Å². The quantitative estimate of drug-likeness (QED) is 0.809. The van der Waals surface area contributed by atoms with Crippen LogP contribution in [0.15, 0.2) is 24.3 Å². The second-order valence-corrected chi connectivity index (χ2v) is 4.33. The van der Waals surface area contributed by atoms with Gasteiger partial charge in [0.25, 0.3) is 0 Å². The van der Waals surface area contributed by atoms with Crippen molar-refractivity contribution in [2.75, 3.05) is 13.7 Å². The SMILES string of the molecule is COc1ccc2cc(C3CCCN3)[nH]c2c1. The van der Waals surface area contributed by atoms with Gasteiger partial charge in [-0.3, -0.25) is 0 Å². The Balaban J connectivity index is 2.01. The maximum atomic E-state index is 5.22. The number of methoxy groups -OCH3 is 1. The summed E-state index contributed by atoms with van der Waals surface area (Å²) in [7, 11) is 1.70. The van der Waals surface area contributed by atoms with Crippen LogP contribution in [0.4, 0.5) is 0 Å². The lowest BCUT2D eigenvalue weighted by Gasteiger charge is -2.06. The molecule has 1 aliphatic rings. The number of hydrogen-bond acceptors (Lipinski definition) is 2. The zero-order valence-corrected chi connectivity index (χ0v) is 9.42. The molecule has 2 heterocycles. The van der Waals surface area contributed by atoms with Crippen LogP contribution in [0.5, 0.6) is 5.75 Å². The molecule has 2 aromatic rings. The molecule has 1 aromatic heterocycles. The molecule has 0 saturated carbocycles. The standard InChI is InChI=1S/C13H16N2O/c1-16-10-5-4-9-7-13(15-12(9)8-10)11-3-2-6-14-11/h4-5,7-8,11,14-15H,2-3,6H2,1H3. The van der Waals surface area contributed by atoms with Gasteiger partial charge in [-0.1, -0.05) is 0 Å². The van der Waals surface area contributed by atoms with E-state index in [2.05, 4.69) is 22.4 Å². The second kappa shape index (κ2) is 3.83. The van der Waals surface area contributed by atoms with Crippen molar-refractivity contribution in [2.24, 2.45) is 0 Å². The van der Waals surface area contributed by atoms with E-state index in [9.17, 15) is 0 Å². The highest BCUT2D eigenvalue weighted by Crippen LogP contribution is 2.27.